The number of nitrogens with one attached hydrogen (secondary N) is 1. The summed E-state index contributed by atoms with van der Waals surface area (Å²) < 4.78 is 0. The molecule has 2 heterocycles. The highest BCUT2D eigenvalue weighted by atomic mass is 35.5. The van der Waals surface area contributed by atoms with Gasteiger partial charge in [0.05, 0.1) is 6.61 Å². The number of piperazine rings is 1. The highest BCUT2D eigenvalue weighted by molar-refractivity contribution is 5.85. The van der Waals surface area contributed by atoms with Crippen LogP contribution < -0.4 is 15.1 Å². The van der Waals surface area contributed by atoms with E-state index in [0.29, 0.717) is 6.61 Å². The van der Waals surface area contributed by atoms with Crippen LogP contribution in [0.5, 0.6) is 5.75 Å². The van der Waals surface area contributed by atoms with Crippen molar-refractivity contribution in [3.63, 3.8) is 0 Å². The molecule has 1 aromatic rings. The zero-order valence-corrected chi connectivity index (χ0v) is 11.7. The molecule has 2 aliphatic heterocycles. The first-order chi connectivity index (χ1) is 7.95. The van der Waals surface area contributed by atoms with Crippen LogP contribution in [0.25, 0.3) is 0 Å². The standard InChI is InChI=1S/C12H16N2O2.2ClH/c1-2-11(14-7-5-13-6-8-14)10-4-9-15-16-12(10)3-1;;/h1-3,13H,4-9H2;2*1H. The molecule has 2 aliphatic rings. The molecule has 0 unspecified atom stereocenters. The van der Waals surface area contributed by atoms with Crippen LogP contribution in [0.2, 0.25) is 0 Å². The molecule has 102 valence electrons. The fourth-order valence-electron chi connectivity index (χ4n) is 2.33. The van der Waals surface area contributed by atoms with E-state index in [2.05, 4.69) is 16.3 Å². The molecule has 0 aromatic heterocycles. The number of fused-ring (bicyclic) bond motifs is 1. The summed E-state index contributed by atoms with van der Waals surface area (Å²) in [7, 11) is 0. The van der Waals surface area contributed by atoms with E-state index in [-0.39, 0.29) is 24.8 Å². The number of nitrogens with zero attached hydrogens (tertiary/aromatic N) is 1. The van der Waals surface area contributed by atoms with Crippen molar-refractivity contribution < 1.29 is 9.78 Å². The van der Waals surface area contributed by atoms with Gasteiger partial charge in [0.25, 0.3) is 0 Å². The monoisotopic (exact) mass is 292 g/mol. The Kier molecular flexibility index (Phi) is 6.02. The molecule has 0 radical (unpaired) electrons. The first kappa shape index (κ1) is 15.4. The Morgan fingerprint density at radius 2 is 1.89 bits per heavy atom. The zero-order chi connectivity index (χ0) is 10.8. The number of halogens is 2. The number of benzene rings is 1. The van der Waals surface area contributed by atoms with Gasteiger partial charge in [0.1, 0.15) is 0 Å². The molecule has 1 saturated heterocycles. The van der Waals surface area contributed by atoms with E-state index >= 15 is 0 Å². The predicted molar refractivity (Wildman–Crippen MR) is 76.3 cm³/mol. The van der Waals surface area contributed by atoms with E-state index in [1.165, 1.54) is 11.3 Å². The van der Waals surface area contributed by atoms with Crippen molar-refractivity contribution in [1.29, 1.82) is 0 Å². The molecular formula is C12H18Cl2N2O2. The zero-order valence-electron chi connectivity index (χ0n) is 10.1. The fraction of sp³-hybridized carbons (Fsp3) is 0.500. The lowest BCUT2D eigenvalue weighted by molar-refractivity contribution is -0.215. The predicted octanol–water partition coefficient (Wildman–Crippen LogP) is 1.81. The molecule has 0 saturated carbocycles. The van der Waals surface area contributed by atoms with Crippen LogP contribution in [0.4, 0.5) is 5.69 Å². The average molecular weight is 293 g/mol. The molecule has 0 amide bonds. The van der Waals surface area contributed by atoms with Crippen LogP contribution in [0, 0.1) is 0 Å². The van der Waals surface area contributed by atoms with Crippen LogP contribution in [0.3, 0.4) is 0 Å². The minimum Gasteiger partial charge on any atom is -0.369 e. The second-order valence-corrected chi connectivity index (χ2v) is 4.15. The van der Waals surface area contributed by atoms with Gasteiger partial charge in [0.2, 0.25) is 0 Å². The molecule has 3 rings (SSSR count). The molecule has 0 bridgehead atoms. The molecule has 1 aromatic carbocycles. The van der Waals surface area contributed by atoms with Gasteiger partial charge >= 0.3 is 0 Å². The average Bonchev–Trinajstić information content (AvgIpc) is 2.39. The van der Waals surface area contributed by atoms with Gasteiger partial charge in [-0.2, -0.15) is 4.89 Å². The molecular weight excluding hydrogens is 275 g/mol. The SMILES string of the molecule is Cl.Cl.c1cc2c(c(N3CCNCC3)c1)CCOO2. The maximum Gasteiger partial charge on any atom is 0.170 e. The molecule has 1 N–H and O–H groups in total. The third kappa shape index (κ3) is 3.01. The van der Waals surface area contributed by atoms with Crippen LogP contribution in [0.1, 0.15) is 5.56 Å². The summed E-state index contributed by atoms with van der Waals surface area (Å²) in [5.41, 5.74) is 2.60. The highest BCUT2D eigenvalue weighted by Crippen LogP contribution is 2.32. The lowest BCUT2D eigenvalue weighted by Crippen LogP contribution is -2.44. The van der Waals surface area contributed by atoms with Crippen LogP contribution in [-0.2, 0) is 11.3 Å². The van der Waals surface area contributed by atoms with Crippen LogP contribution in [0.15, 0.2) is 18.2 Å². The Morgan fingerprint density at radius 3 is 2.67 bits per heavy atom. The normalized spacial score (nSPS) is 17.9. The Hall–Kier alpha value is -0.680. The van der Waals surface area contributed by atoms with Crippen molar-refractivity contribution in [2.45, 2.75) is 6.42 Å². The Morgan fingerprint density at radius 1 is 1.11 bits per heavy atom. The molecule has 6 heteroatoms. The smallest absolute Gasteiger partial charge is 0.170 e. The van der Waals surface area contributed by atoms with Crippen molar-refractivity contribution in [1.82, 2.24) is 5.32 Å². The summed E-state index contributed by atoms with van der Waals surface area (Å²) in [6, 6.07) is 6.18. The number of hydrogen-bond donors (Lipinski definition) is 1. The summed E-state index contributed by atoms with van der Waals surface area (Å²) in [4.78, 5) is 12.6. The largest absolute Gasteiger partial charge is 0.369 e. The lowest BCUT2D eigenvalue weighted by Gasteiger charge is -2.32. The van der Waals surface area contributed by atoms with Gasteiger partial charge in [-0.15, -0.1) is 24.8 Å². The van der Waals surface area contributed by atoms with E-state index in [1.54, 1.807) is 0 Å². The molecule has 18 heavy (non-hydrogen) atoms. The highest BCUT2D eigenvalue weighted by Gasteiger charge is 2.20. The molecule has 1 fully saturated rings. The van der Waals surface area contributed by atoms with Gasteiger partial charge in [0, 0.05) is 43.9 Å². The minimum atomic E-state index is 0. The third-order valence-electron chi connectivity index (χ3n) is 3.15. The summed E-state index contributed by atoms with van der Waals surface area (Å²) >= 11 is 0. The van der Waals surface area contributed by atoms with Crippen molar-refractivity contribution in [2.24, 2.45) is 0 Å². The first-order valence-corrected chi connectivity index (χ1v) is 5.82. The second kappa shape index (κ2) is 7.04. The van der Waals surface area contributed by atoms with Gasteiger partial charge < -0.3 is 15.1 Å². The summed E-state index contributed by atoms with van der Waals surface area (Å²) in [5, 5.41) is 3.37. The number of hydrogen-bond acceptors (Lipinski definition) is 4. The number of rotatable bonds is 1. The Balaban J connectivity index is 0.000000810. The second-order valence-electron chi connectivity index (χ2n) is 4.15. The van der Waals surface area contributed by atoms with Gasteiger partial charge in [-0.1, -0.05) is 6.07 Å². The van der Waals surface area contributed by atoms with Crippen LogP contribution >= 0.6 is 24.8 Å². The molecule has 0 atom stereocenters. The maximum absolute atomic E-state index is 5.21. The van der Waals surface area contributed by atoms with Gasteiger partial charge in [0.15, 0.2) is 5.75 Å². The maximum atomic E-state index is 5.21. The van der Waals surface area contributed by atoms with E-state index in [0.717, 1.165) is 38.3 Å². The molecule has 0 spiro atoms. The van der Waals surface area contributed by atoms with Gasteiger partial charge in [-0.3, -0.25) is 0 Å². The van der Waals surface area contributed by atoms with Crippen LogP contribution in [-0.4, -0.2) is 32.8 Å². The fourth-order valence-corrected chi connectivity index (χ4v) is 2.33. The quantitative estimate of drug-likeness (QED) is 0.801. The van der Waals surface area contributed by atoms with Crippen molar-refractivity contribution >= 4 is 30.5 Å². The molecule has 4 nitrogen and oxygen atoms in total. The summed E-state index contributed by atoms with van der Waals surface area (Å²) in [6.07, 6.45) is 0.940. The third-order valence-corrected chi connectivity index (χ3v) is 3.15. The first-order valence-electron chi connectivity index (χ1n) is 5.82. The van der Waals surface area contributed by atoms with Gasteiger partial charge in [-0.25, -0.2) is 0 Å². The Labute approximate surface area is 119 Å². The Bertz CT molecular complexity index is 384. The lowest BCUT2D eigenvalue weighted by atomic mass is 10.1. The topological polar surface area (TPSA) is 33.7 Å². The van der Waals surface area contributed by atoms with E-state index in [9.17, 15) is 0 Å². The van der Waals surface area contributed by atoms with Crippen molar-refractivity contribution in [3.05, 3.63) is 23.8 Å². The number of anilines is 1. The van der Waals surface area contributed by atoms with E-state index in [1.807, 2.05) is 12.1 Å². The molecule has 0 aliphatic carbocycles. The van der Waals surface area contributed by atoms with E-state index in [4.69, 9.17) is 9.78 Å². The minimum absolute atomic E-state index is 0. The van der Waals surface area contributed by atoms with Crippen molar-refractivity contribution in [3.8, 4) is 5.75 Å². The van der Waals surface area contributed by atoms with Gasteiger partial charge in [-0.05, 0) is 12.1 Å². The van der Waals surface area contributed by atoms with Crippen molar-refractivity contribution in [2.75, 3.05) is 37.7 Å². The summed E-state index contributed by atoms with van der Waals surface area (Å²) in [5.74, 6) is 0.877. The summed E-state index contributed by atoms with van der Waals surface area (Å²) in [6.45, 7) is 4.90. The van der Waals surface area contributed by atoms with E-state index < -0.39 is 0 Å².